The van der Waals surface area contributed by atoms with Crippen molar-refractivity contribution in [1.82, 2.24) is 9.55 Å². The first kappa shape index (κ1) is 21.8. The molecular weight excluding hydrogens is 404 g/mol. The van der Waals surface area contributed by atoms with E-state index in [1.54, 1.807) is 0 Å². The molecule has 0 amide bonds. The van der Waals surface area contributed by atoms with E-state index in [-0.39, 0.29) is 5.56 Å². The highest BCUT2D eigenvalue weighted by Gasteiger charge is 2.48. The van der Waals surface area contributed by atoms with Gasteiger partial charge in [0, 0.05) is 11.8 Å². The van der Waals surface area contributed by atoms with Crippen molar-refractivity contribution in [3.63, 3.8) is 0 Å². The number of hydrogen-bond donors (Lipinski definition) is 4. The summed E-state index contributed by atoms with van der Waals surface area (Å²) in [7, 11) is -4.95. The number of aliphatic hydroxyl groups excluding tert-OH is 1. The zero-order chi connectivity index (χ0) is 20.6. The number of rotatable bonds is 6. The number of aliphatic hydroxyl groups is 1. The number of halogens is 3. The molecule has 0 unspecified atom stereocenters. The van der Waals surface area contributed by atoms with Gasteiger partial charge in [0.2, 0.25) is 0 Å². The van der Waals surface area contributed by atoms with Crippen molar-refractivity contribution in [2.75, 3.05) is 13.2 Å². The number of aromatic amines is 1. The minimum Gasteiger partial charge on any atom is -0.387 e. The van der Waals surface area contributed by atoms with E-state index in [4.69, 9.17) is 14.5 Å². The Morgan fingerprint density at radius 1 is 1.37 bits per heavy atom. The zero-order valence-corrected chi connectivity index (χ0v) is 14.5. The molecule has 0 radical (unpaired) electrons. The van der Waals surface area contributed by atoms with Crippen LogP contribution >= 0.6 is 7.82 Å². The molecule has 1 aliphatic rings. The monoisotopic (exact) mass is 420 g/mol. The highest BCUT2D eigenvalue weighted by molar-refractivity contribution is 7.46. The lowest BCUT2D eigenvalue weighted by molar-refractivity contribution is -0.200. The maximum Gasteiger partial charge on any atom is 0.469 e. The van der Waals surface area contributed by atoms with Crippen LogP contribution in [0.5, 0.6) is 0 Å². The van der Waals surface area contributed by atoms with Crippen LogP contribution < -0.4 is 11.2 Å². The summed E-state index contributed by atoms with van der Waals surface area (Å²) in [6, 6.07) is 0. The van der Waals surface area contributed by atoms with Gasteiger partial charge in [-0.05, 0) is 6.92 Å². The van der Waals surface area contributed by atoms with Crippen LogP contribution in [0.2, 0.25) is 0 Å². The van der Waals surface area contributed by atoms with Crippen LogP contribution in [0, 0.1) is 6.92 Å². The van der Waals surface area contributed by atoms with Crippen LogP contribution in [0.3, 0.4) is 0 Å². The van der Waals surface area contributed by atoms with E-state index in [1.807, 2.05) is 4.98 Å². The molecule has 2 rings (SSSR count). The van der Waals surface area contributed by atoms with Crippen LogP contribution in [-0.4, -0.2) is 62.1 Å². The fourth-order valence-electron chi connectivity index (χ4n) is 2.40. The molecular formula is C12H16F3N2O9P. The van der Waals surface area contributed by atoms with Crippen molar-refractivity contribution < 1.29 is 46.6 Å². The Labute approximate surface area is 148 Å². The first-order valence-corrected chi connectivity index (χ1v) is 8.85. The Hall–Kier alpha value is -1.54. The summed E-state index contributed by atoms with van der Waals surface area (Å²) < 4.78 is 63.0. The maximum atomic E-state index is 12.5. The average molecular weight is 420 g/mol. The molecule has 154 valence electrons. The van der Waals surface area contributed by atoms with Gasteiger partial charge in [0.05, 0.1) is 6.61 Å². The predicted octanol–water partition coefficient (Wildman–Crippen LogP) is -0.840. The number of H-pyrrole nitrogens is 1. The highest BCUT2D eigenvalue weighted by atomic mass is 31.2. The molecule has 0 aliphatic carbocycles. The summed E-state index contributed by atoms with van der Waals surface area (Å²) in [5.74, 6) is 0. The van der Waals surface area contributed by atoms with E-state index in [0.29, 0.717) is 4.57 Å². The van der Waals surface area contributed by atoms with Gasteiger partial charge in [0.25, 0.3) is 5.56 Å². The standard InChI is InChI=1S/C12H16F3N2O9P/c1-5-2-17(11(20)16-9(5)19)10-8(24-4-12(13,14)15)7(18)6(26-10)3-25-27(21,22)23/h2,6-8,10,18H,3-4H2,1H3,(H,16,19,20)(H2,21,22,23)/t6-,7-,8-,10-/m1/s1. The van der Waals surface area contributed by atoms with Gasteiger partial charge in [-0.2, -0.15) is 13.2 Å². The molecule has 4 atom stereocenters. The van der Waals surface area contributed by atoms with E-state index in [1.165, 1.54) is 6.92 Å². The van der Waals surface area contributed by atoms with Gasteiger partial charge in [0.1, 0.15) is 24.9 Å². The average Bonchev–Trinajstić information content (AvgIpc) is 2.81. The molecule has 1 aromatic heterocycles. The van der Waals surface area contributed by atoms with Gasteiger partial charge >= 0.3 is 19.7 Å². The summed E-state index contributed by atoms with van der Waals surface area (Å²) in [6.07, 6.45) is -10.4. The number of nitrogens with one attached hydrogen (secondary N) is 1. The van der Waals surface area contributed by atoms with Gasteiger partial charge in [-0.25, -0.2) is 9.36 Å². The van der Waals surface area contributed by atoms with Crippen molar-refractivity contribution >= 4 is 7.82 Å². The number of aryl methyl sites for hydroxylation is 1. The van der Waals surface area contributed by atoms with Gasteiger partial charge in [-0.1, -0.05) is 0 Å². The third kappa shape index (κ3) is 5.72. The minimum absolute atomic E-state index is 0.0252. The number of aromatic nitrogens is 2. The van der Waals surface area contributed by atoms with Crippen molar-refractivity contribution in [1.29, 1.82) is 0 Å². The quantitative estimate of drug-likeness (QED) is 0.430. The second-order valence-corrected chi connectivity index (χ2v) is 6.95. The number of ether oxygens (including phenoxy) is 2. The van der Waals surface area contributed by atoms with Crippen molar-refractivity contribution in [2.45, 2.75) is 37.6 Å². The molecule has 0 aromatic carbocycles. The molecule has 4 N–H and O–H groups in total. The van der Waals surface area contributed by atoms with E-state index in [2.05, 4.69) is 9.26 Å². The lowest BCUT2D eigenvalue weighted by atomic mass is 10.1. The predicted molar refractivity (Wildman–Crippen MR) is 79.8 cm³/mol. The first-order valence-electron chi connectivity index (χ1n) is 7.32. The van der Waals surface area contributed by atoms with Gasteiger partial charge < -0.3 is 24.4 Å². The molecule has 2 heterocycles. The van der Waals surface area contributed by atoms with Crippen LogP contribution in [0.15, 0.2) is 15.8 Å². The fraction of sp³-hybridized carbons (Fsp3) is 0.667. The summed E-state index contributed by atoms with van der Waals surface area (Å²) in [5, 5.41) is 10.2. The summed E-state index contributed by atoms with van der Waals surface area (Å²) in [5.41, 5.74) is -1.75. The molecule has 0 saturated carbocycles. The van der Waals surface area contributed by atoms with E-state index in [0.717, 1.165) is 6.20 Å². The molecule has 1 saturated heterocycles. The molecule has 1 aromatic rings. The number of hydrogen-bond acceptors (Lipinski definition) is 7. The lowest BCUT2D eigenvalue weighted by Crippen LogP contribution is -2.41. The van der Waals surface area contributed by atoms with Crippen molar-refractivity contribution in [3.05, 3.63) is 32.6 Å². The topological polar surface area (TPSA) is 160 Å². The lowest BCUT2D eigenvalue weighted by Gasteiger charge is -2.23. The zero-order valence-electron chi connectivity index (χ0n) is 13.6. The Kier molecular flexibility index (Phi) is 6.31. The maximum absolute atomic E-state index is 12.5. The first-order chi connectivity index (χ1) is 12.3. The highest BCUT2D eigenvalue weighted by Crippen LogP contribution is 2.39. The Morgan fingerprint density at radius 3 is 2.56 bits per heavy atom. The molecule has 1 fully saturated rings. The van der Waals surface area contributed by atoms with Crippen LogP contribution in [0.25, 0.3) is 0 Å². The minimum atomic E-state index is -4.95. The molecule has 15 heteroatoms. The molecule has 0 bridgehead atoms. The van der Waals surface area contributed by atoms with Gasteiger partial charge in [-0.15, -0.1) is 0 Å². The number of alkyl halides is 3. The van der Waals surface area contributed by atoms with Crippen molar-refractivity contribution in [3.8, 4) is 0 Å². The van der Waals surface area contributed by atoms with E-state index < -0.39 is 63.0 Å². The summed E-state index contributed by atoms with van der Waals surface area (Å²) in [4.78, 5) is 42.8. The summed E-state index contributed by atoms with van der Waals surface area (Å²) in [6.45, 7) is -1.34. The second-order valence-electron chi connectivity index (χ2n) is 5.71. The molecule has 27 heavy (non-hydrogen) atoms. The number of phosphoric ester groups is 1. The normalized spacial score (nSPS) is 26.5. The van der Waals surface area contributed by atoms with Crippen LogP contribution in [0.4, 0.5) is 13.2 Å². The van der Waals surface area contributed by atoms with E-state index >= 15 is 0 Å². The Balaban J connectivity index is 2.33. The van der Waals surface area contributed by atoms with Crippen molar-refractivity contribution in [2.24, 2.45) is 0 Å². The fourth-order valence-corrected chi connectivity index (χ4v) is 2.74. The molecule has 11 nitrogen and oxygen atoms in total. The summed E-state index contributed by atoms with van der Waals surface area (Å²) >= 11 is 0. The van der Waals surface area contributed by atoms with Gasteiger partial charge in [-0.3, -0.25) is 18.9 Å². The van der Waals surface area contributed by atoms with E-state index in [9.17, 15) is 32.4 Å². The number of phosphoric acid groups is 1. The van der Waals surface area contributed by atoms with Crippen LogP contribution in [-0.2, 0) is 18.6 Å². The SMILES string of the molecule is Cc1cn([C@@H]2O[C@H](COP(=O)(O)O)[C@@H](O)[C@H]2OCC(F)(F)F)c(=O)[nH]c1=O. The van der Waals surface area contributed by atoms with Gasteiger partial charge in [0.15, 0.2) is 6.23 Å². The Morgan fingerprint density at radius 2 is 2.00 bits per heavy atom. The molecule has 0 spiro atoms. The third-order valence-electron chi connectivity index (χ3n) is 3.58. The third-order valence-corrected chi connectivity index (χ3v) is 4.06. The second kappa shape index (κ2) is 7.83. The molecule has 1 aliphatic heterocycles. The van der Waals surface area contributed by atoms with Crippen LogP contribution in [0.1, 0.15) is 11.8 Å². The Bertz CT molecular complexity index is 833. The smallest absolute Gasteiger partial charge is 0.387 e. The largest absolute Gasteiger partial charge is 0.469 e. The number of nitrogens with zero attached hydrogens (tertiary/aromatic N) is 1.